The van der Waals surface area contributed by atoms with E-state index in [-0.39, 0.29) is 11.3 Å². The molecule has 0 bridgehead atoms. The maximum Gasteiger partial charge on any atom is 0.230 e. The normalized spacial score (nSPS) is 17.2. The molecule has 1 aliphatic rings. The Balaban J connectivity index is 2.06. The van der Waals surface area contributed by atoms with Crippen molar-refractivity contribution >= 4 is 27.5 Å². The second kappa shape index (κ2) is 3.97. The molecule has 2 rings (SSSR count). The van der Waals surface area contributed by atoms with Gasteiger partial charge in [0.25, 0.3) is 0 Å². The topological polar surface area (TPSA) is 29.1 Å². The van der Waals surface area contributed by atoms with Gasteiger partial charge in [-0.15, -0.1) is 0 Å². The van der Waals surface area contributed by atoms with Crippen molar-refractivity contribution < 1.29 is 4.79 Å². The Kier molecular flexibility index (Phi) is 2.83. The minimum absolute atomic E-state index is 0.0671. The van der Waals surface area contributed by atoms with E-state index in [0.717, 1.165) is 29.4 Å². The minimum Gasteiger partial charge on any atom is -0.326 e. The highest BCUT2D eigenvalue weighted by molar-refractivity contribution is 9.10. The lowest BCUT2D eigenvalue weighted by Gasteiger charge is -2.12. The Morgan fingerprint density at radius 1 is 1.53 bits per heavy atom. The third-order valence-electron chi connectivity index (χ3n) is 3.09. The fraction of sp³-hybridized carbons (Fsp3) is 0.417. The van der Waals surface area contributed by atoms with Gasteiger partial charge in [0, 0.05) is 15.6 Å². The van der Waals surface area contributed by atoms with E-state index in [9.17, 15) is 4.79 Å². The van der Waals surface area contributed by atoms with Gasteiger partial charge in [-0.05, 0) is 37.5 Å². The van der Waals surface area contributed by atoms with Gasteiger partial charge in [0.1, 0.15) is 0 Å². The lowest BCUT2D eigenvalue weighted by Crippen LogP contribution is -2.23. The molecule has 0 spiro atoms. The van der Waals surface area contributed by atoms with Crippen LogP contribution in [0.3, 0.4) is 0 Å². The molecule has 0 unspecified atom stereocenters. The molecule has 3 heteroatoms. The van der Waals surface area contributed by atoms with Gasteiger partial charge in [0.2, 0.25) is 5.91 Å². The van der Waals surface area contributed by atoms with E-state index in [2.05, 4.69) is 28.2 Å². The number of halogens is 1. The molecule has 1 aromatic rings. The quantitative estimate of drug-likeness (QED) is 0.891. The first-order chi connectivity index (χ1) is 7.16. The molecule has 1 amide bonds. The van der Waals surface area contributed by atoms with Crippen molar-refractivity contribution in [2.75, 3.05) is 5.32 Å². The molecule has 2 nitrogen and oxygen atoms in total. The lowest BCUT2D eigenvalue weighted by molar-refractivity contribution is -0.121. The highest BCUT2D eigenvalue weighted by Gasteiger charge is 2.47. The molecule has 1 saturated carbocycles. The van der Waals surface area contributed by atoms with Gasteiger partial charge in [-0.3, -0.25) is 4.79 Å². The fourth-order valence-electron chi connectivity index (χ4n) is 1.72. The van der Waals surface area contributed by atoms with Crippen molar-refractivity contribution in [2.45, 2.75) is 26.2 Å². The molecule has 0 saturated heterocycles. The summed E-state index contributed by atoms with van der Waals surface area (Å²) in [7, 11) is 0. The molecule has 1 aromatic carbocycles. The zero-order valence-corrected chi connectivity index (χ0v) is 10.3. The Bertz CT molecular complexity index is 385. The number of amides is 1. The summed E-state index contributed by atoms with van der Waals surface area (Å²) in [5, 5.41) is 2.97. The van der Waals surface area contributed by atoms with Crippen LogP contribution < -0.4 is 5.32 Å². The first-order valence-electron chi connectivity index (χ1n) is 5.23. The molecule has 0 radical (unpaired) electrons. The molecule has 15 heavy (non-hydrogen) atoms. The second-order valence-electron chi connectivity index (χ2n) is 4.10. The van der Waals surface area contributed by atoms with Crippen LogP contribution in [0.4, 0.5) is 5.69 Å². The highest BCUT2D eigenvalue weighted by atomic mass is 79.9. The van der Waals surface area contributed by atoms with Crippen molar-refractivity contribution in [1.82, 2.24) is 0 Å². The number of anilines is 1. The predicted octanol–water partition coefficient (Wildman–Crippen LogP) is 3.58. The van der Waals surface area contributed by atoms with Crippen molar-refractivity contribution in [1.29, 1.82) is 0 Å². The van der Waals surface area contributed by atoms with Crippen LogP contribution in [-0.4, -0.2) is 5.91 Å². The Hall–Kier alpha value is -0.830. The van der Waals surface area contributed by atoms with E-state index in [1.165, 1.54) is 0 Å². The smallest absolute Gasteiger partial charge is 0.230 e. The van der Waals surface area contributed by atoms with Gasteiger partial charge in [-0.1, -0.05) is 28.9 Å². The van der Waals surface area contributed by atoms with Crippen LogP contribution in [0.25, 0.3) is 0 Å². The number of carbonyl (C=O) groups is 1. The van der Waals surface area contributed by atoms with Crippen LogP contribution in [0, 0.1) is 5.41 Å². The molecule has 1 aliphatic carbocycles. The summed E-state index contributed by atoms with van der Waals surface area (Å²) in [5.74, 6) is 0.170. The summed E-state index contributed by atoms with van der Waals surface area (Å²) < 4.78 is 0.988. The van der Waals surface area contributed by atoms with Crippen molar-refractivity contribution in [3.63, 3.8) is 0 Å². The van der Waals surface area contributed by atoms with Crippen LogP contribution in [-0.2, 0) is 4.79 Å². The molecule has 0 aromatic heterocycles. The molecule has 0 heterocycles. The molecule has 80 valence electrons. The summed E-state index contributed by atoms with van der Waals surface area (Å²) in [4.78, 5) is 11.9. The molecule has 1 fully saturated rings. The van der Waals surface area contributed by atoms with E-state index >= 15 is 0 Å². The summed E-state index contributed by atoms with van der Waals surface area (Å²) >= 11 is 3.38. The van der Waals surface area contributed by atoms with Gasteiger partial charge < -0.3 is 5.32 Å². The van der Waals surface area contributed by atoms with Gasteiger partial charge >= 0.3 is 0 Å². The predicted molar refractivity (Wildman–Crippen MR) is 64.7 cm³/mol. The maximum absolute atomic E-state index is 11.9. The second-order valence-corrected chi connectivity index (χ2v) is 5.01. The molecular formula is C12H14BrNO. The average Bonchev–Trinajstić information content (AvgIpc) is 2.98. The van der Waals surface area contributed by atoms with E-state index < -0.39 is 0 Å². The molecule has 1 N–H and O–H groups in total. The zero-order chi connectivity index (χ0) is 10.9. The third kappa shape index (κ3) is 2.23. The largest absolute Gasteiger partial charge is 0.326 e. The Labute approximate surface area is 98.2 Å². The molecule has 0 atom stereocenters. The van der Waals surface area contributed by atoms with E-state index in [1.807, 2.05) is 24.3 Å². The monoisotopic (exact) mass is 267 g/mol. The van der Waals surface area contributed by atoms with Crippen molar-refractivity contribution in [2.24, 2.45) is 5.41 Å². The number of carbonyl (C=O) groups excluding carboxylic acids is 1. The fourth-order valence-corrected chi connectivity index (χ4v) is 2.12. The van der Waals surface area contributed by atoms with E-state index in [0.29, 0.717) is 0 Å². The third-order valence-corrected chi connectivity index (χ3v) is 3.59. The standard InChI is InChI=1S/C12H14BrNO/c1-2-12(6-7-12)11(15)14-10-5-3-4-9(13)8-10/h3-5,8H,2,6-7H2,1H3,(H,14,15). The van der Waals surface area contributed by atoms with Gasteiger partial charge in [0.15, 0.2) is 0 Å². The van der Waals surface area contributed by atoms with Crippen LogP contribution in [0.5, 0.6) is 0 Å². The Morgan fingerprint density at radius 3 is 2.80 bits per heavy atom. The van der Waals surface area contributed by atoms with Gasteiger partial charge in [-0.2, -0.15) is 0 Å². The lowest BCUT2D eigenvalue weighted by atomic mass is 10.0. The summed E-state index contributed by atoms with van der Waals surface area (Å²) in [5.41, 5.74) is 0.802. The summed E-state index contributed by atoms with van der Waals surface area (Å²) in [6, 6.07) is 7.70. The number of nitrogens with one attached hydrogen (secondary N) is 1. The van der Waals surface area contributed by atoms with Crippen LogP contribution in [0.2, 0.25) is 0 Å². The van der Waals surface area contributed by atoms with Crippen LogP contribution >= 0.6 is 15.9 Å². The maximum atomic E-state index is 11.9. The number of rotatable bonds is 3. The van der Waals surface area contributed by atoms with Gasteiger partial charge in [0.05, 0.1) is 0 Å². The summed E-state index contributed by atoms with van der Waals surface area (Å²) in [6.07, 6.45) is 3.00. The van der Waals surface area contributed by atoms with Crippen molar-refractivity contribution in [3.8, 4) is 0 Å². The molecular weight excluding hydrogens is 254 g/mol. The Morgan fingerprint density at radius 2 is 2.27 bits per heavy atom. The highest BCUT2D eigenvalue weighted by Crippen LogP contribution is 2.49. The van der Waals surface area contributed by atoms with E-state index in [4.69, 9.17) is 0 Å². The van der Waals surface area contributed by atoms with Gasteiger partial charge in [-0.25, -0.2) is 0 Å². The number of benzene rings is 1. The SMILES string of the molecule is CCC1(C(=O)Nc2cccc(Br)c2)CC1. The van der Waals surface area contributed by atoms with E-state index in [1.54, 1.807) is 0 Å². The van der Waals surface area contributed by atoms with Crippen molar-refractivity contribution in [3.05, 3.63) is 28.7 Å². The average molecular weight is 268 g/mol. The molecule has 0 aliphatic heterocycles. The minimum atomic E-state index is -0.0671. The van der Waals surface area contributed by atoms with Crippen LogP contribution in [0.15, 0.2) is 28.7 Å². The summed E-state index contributed by atoms with van der Waals surface area (Å²) in [6.45, 7) is 2.08. The zero-order valence-electron chi connectivity index (χ0n) is 8.72. The number of hydrogen-bond donors (Lipinski definition) is 1. The first kappa shape index (κ1) is 10.7. The van der Waals surface area contributed by atoms with Crippen LogP contribution in [0.1, 0.15) is 26.2 Å². The first-order valence-corrected chi connectivity index (χ1v) is 6.03. The number of hydrogen-bond acceptors (Lipinski definition) is 1.